The first-order chi connectivity index (χ1) is 14.4. The number of ether oxygens (including phenoxy) is 1. The van der Waals surface area contributed by atoms with Crippen molar-refractivity contribution in [2.45, 2.75) is 41.7 Å². The van der Waals surface area contributed by atoms with Crippen LogP contribution in [0.4, 0.5) is 11.4 Å². The Labute approximate surface area is 182 Å². The number of esters is 1. The molecule has 2 aromatic carbocycles. The topological polar surface area (TPSA) is 75.7 Å². The van der Waals surface area contributed by atoms with Gasteiger partial charge < -0.3 is 10.1 Å². The highest BCUT2D eigenvalue weighted by Gasteiger charge is 2.35. The molecule has 2 aliphatic rings. The summed E-state index contributed by atoms with van der Waals surface area (Å²) in [5.74, 6) is -0.433. The molecule has 1 fully saturated rings. The lowest BCUT2D eigenvalue weighted by Crippen LogP contribution is -2.42. The van der Waals surface area contributed by atoms with Gasteiger partial charge in [-0.1, -0.05) is 30.0 Å². The molecule has 2 aliphatic heterocycles. The molecule has 1 unspecified atom stereocenters. The smallest absolute Gasteiger partial charge is 0.309 e. The van der Waals surface area contributed by atoms with E-state index in [1.54, 1.807) is 25.6 Å². The van der Waals surface area contributed by atoms with E-state index < -0.39 is 15.3 Å². The van der Waals surface area contributed by atoms with Crippen molar-refractivity contribution in [2.75, 3.05) is 25.0 Å². The van der Waals surface area contributed by atoms with Crippen molar-refractivity contribution in [1.82, 2.24) is 4.31 Å². The number of para-hydroxylation sites is 1. The number of piperidine rings is 1. The fraction of sp³-hybridized carbons (Fsp3) is 0.409. The second kappa shape index (κ2) is 8.61. The number of carbonyl (C=O) groups is 1. The zero-order valence-corrected chi connectivity index (χ0v) is 18.8. The molecule has 6 nitrogen and oxygen atoms in total. The summed E-state index contributed by atoms with van der Waals surface area (Å²) in [5.41, 5.74) is 2.72. The van der Waals surface area contributed by atoms with E-state index in [1.807, 2.05) is 36.4 Å². The molecule has 4 rings (SSSR count). The minimum absolute atomic E-state index is 0.211. The zero-order valence-electron chi connectivity index (χ0n) is 17.1. The number of nitrogens with one attached hydrogen (secondary N) is 1. The molecule has 0 radical (unpaired) electrons. The largest absolute Gasteiger partial charge is 0.466 e. The summed E-state index contributed by atoms with van der Waals surface area (Å²) in [7, 11) is -3.52. The van der Waals surface area contributed by atoms with Crippen LogP contribution >= 0.6 is 11.8 Å². The normalized spacial score (nSPS) is 18.1. The standard InChI is InChI=1S/C22H26N2O4S2/c1-3-28-22(25)16-10-12-24(13-11-16)30(26,27)15(2)17-8-9-21-19(14-17)23-18-6-4-5-7-20(18)29-21/h4-9,14-16,23H,3,10-13H2,1-2H3. The van der Waals surface area contributed by atoms with Crippen LogP contribution < -0.4 is 5.32 Å². The molecule has 0 aromatic heterocycles. The molecule has 0 saturated carbocycles. The highest BCUT2D eigenvalue weighted by atomic mass is 32.2. The summed E-state index contributed by atoms with van der Waals surface area (Å²) in [6, 6.07) is 13.9. The van der Waals surface area contributed by atoms with Gasteiger partial charge >= 0.3 is 5.97 Å². The fourth-order valence-corrected chi connectivity index (χ4v) is 6.54. The Morgan fingerprint density at radius 1 is 1.17 bits per heavy atom. The molecule has 0 amide bonds. The van der Waals surface area contributed by atoms with Crippen molar-refractivity contribution < 1.29 is 17.9 Å². The van der Waals surface area contributed by atoms with Gasteiger partial charge in [0.1, 0.15) is 0 Å². The predicted octanol–water partition coefficient (Wildman–Crippen LogP) is 4.56. The number of hydrogen-bond acceptors (Lipinski definition) is 6. The summed E-state index contributed by atoms with van der Waals surface area (Å²) in [5, 5.41) is 2.76. The molecule has 0 aliphatic carbocycles. The fourth-order valence-electron chi connectivity index (χ4n) is 3.91. The van der Waals surface area contributed by atoms with Crippen LogP contribution in [-0.4, -0.2) is 38.4 Å². The Hall–Kier alpha value is -2.03. The monoisotopic (exact) mass is 446 g/mol. The van der Waals surface area contributed by atoms with Crippen LogP contribution in [-0.2, 0) is 19.6 Å². The first-order valence-corrected chi connectivity index (χ1v) is 12.6. The quantitative estimate of drug-likeness (QED) is 0.579. The second-order valence-corrected chi connectivity index (χ2v) is 10.9. The van der Waals surface area contributed by atoms with Crippen molar-refractivity contribution in [3.05, 3.63) is 48.0 Å². The van der Waals surface area contributed by atoms with Crippen molar-refractivity contribution in [3.8, 4) is 0 Å². The molecule has 2 aromatic rings. The van der Waals surface area contributed by atoms with Gasteiger partial charge in [0.25, 0.3) is 0 Å². The van der Waals surface area contributed by atoms with E-state index >= 15 is 0 Å². The minimum Gasteiger partial charge on any atom is -0.466 e. The number of nitrogens with zero attached hydrogens (tertiary/aromatic N) is 1. The van der Waals surface area contributed by atoms with Crippen LogP contribution in [0.5, 0.6) is 0 Å². The molecule has 30 heavy (non-hydrogen) atoms. The Bertz CT molecular complexity index is 1050. The highest BCUT2D eigenvalue weighted by molar-refractivity contribution is 7.99. The van der Waals surface area contributed by atoms with Gasteiger partial charge in [-0.25, -0.2) is 12.7 Å². The van der Waals surface area contributed by atoms with Crippen LogP contribution in [0.1, 0.15) is 37.5 Å². The Morgan fingerprint density at radius 3 is 2.60 bits per heavy atom. The van der Waals surface area contributed by atoms with Gasteiger partial charge in [0.15, 0.2) is 0 Å². The summed E-state index contributed by atoms with van der Waals surface area (Å²) >= 11 is 1.68. The van der Waals surface area contributed by atoms with E-state index in [0.29, 0.717) is 32.5 Å². The van der Waals surface area contributed by atoms with E-state index in [2.05, 4.69) is 11.4 Å². The van der Waals surface area contributed by atoms with Crippen LogP contribution in [0.3, 0.4) is 0 Å². The molecule has 2 heterocycles. The van der Waals surface area contributed by atoms with Gasteiger partial charge in [0, 0.05) is 22.9 Å². The molecule has 0 spiro atoms. The maximum absolute atomic E-state index is 13.2. The minimum atomic E-state index is -3.52. The Balaban J connectivity index is 1.48. The van der Waals surface area contributed by atoms with Crippen molar-refractivity contribution in [1.29, 1.82) is 0 Å². The number of hydrogen-bond donors (Lipinski definition) is 1. The number of benzene rings is 2. The Kier molecular flexibility index (Phi) is 6.09. The van der Waals surface area contributed by atoms with E-state index in [4.69, 9.17) is 4.74 Å². The predicted molar refractivity (Wildman–Crippen MR) is 119 cm³/mol. The van der Waals surface area contributed by atoms with Crippen LogP contribution in [0.25, 0.3) is 0 Å². The molecule has 1 saturated heterocycles. The number of anilines is 2. The summed E-state index contributed by atoms with van der Waals surface area (Å²) < 4.78 is 33.1. The lowest BCUT2D eigenvalue weighted by Gasteiger charge is -2.32. The molecular weight excluding hydrogens is 420 g/mol. The number of fused-ring (bicyclic) bond motifs is 2. The van der Waals surface area contributed by atoms with Crippen molar-refractivity contribution in [2.24, 2.45) is 5.92 Å². The molecule has 0 bridgehead atoms. The highest BCUT2D eigenvalue weighted by Crippen LogP contribution is 2.45. The van der Waals surface area contributed by atoms with Gasteiger partial charge in [0.05, 0.1) is 29.1 Å². The molecule has 1 N–H and O–H groups in total. The third-order valence-electron chi connectivity index (χ3n) is 5.73. The maximum Gasteiger partial charge on any atom is 0.309 e. The molecule has 1 atom stereocenters. The number of carbonyl (C=O) groups excluding carboxylic acids is 1. The van der Waals surface area contributed by atoms with E-state index in [0.717, 1.165) is 26.7 Å². The molecule has 8 heteroatoms. The summed E-state index contributed by atoms with van der Waals surface area (Å²) in [6.45, 7) is 4.57. The number of rotatable bonds is 5. The van der Waals surface area contributed by atoms with Gasteiger partial charge in [-0.2, -0.15) is 0 Å². The molecule has 160 valence electrons. The average Bonchev–Trinajstić information content (AvgIpc) is 2.77. The Morgan fingerprint density at radius 2 is 1.87 bits per heavy atom. The van der Waals surface area contributed by atoms with Gasteiger partial charge in [0.2, 0.25) is 10.0 Å². The summed E-state index contributed by atoms with van der Waals surface area (Å²) in [6.07, 6.45) is 1.01. The lowest BCUT2D eigenvalue weighted by atomic mass is 9.98. The van der Waals surface area contributed by atoms with Gasteiger partial charge in [-0.05, 0) is 56.5 Å². The van der Waals surface area contributed by atoms with E-state index in [1.165, 1.54) is 4.31 Å². The van der Waals surface area contributed by atoms with E-state index in [9.17, 15) is 13.2 Å². The zero-order chi connectivity index (χ0) is 21.3. The summed E-state index contributed by atoms with van der Waals surface area (Å²) in [4.78, 5) is 14.2. The van der Waals surface area contributed by atoms with E-state index in [-0.39, 0.29) is 11.9 Å². The average molecular weight is 447 g/mol. The van der Waals surface area contributed by atoms with Crippen molar-refractivity contribution >= 4 is 39.1 Å². The van der Waals surface area contributed by atoms with Gasteiger partial charge in [-0.3, -0.25) is 4.79 Å². The van der Waals surface area contributed by atoms with Crippen LogP contribution in [0, 0.1) is 5.92 Å². The van der Waals surface area contributed by atoms with Gasteiger partial charge in [-0.15, -0.1) is 0 Å². The maximum atomic E-state index is 13.2. The number of sulfonamides is 1. The lowest BCUT2D eigenvalue weighted by molar-refractivity contribution is -0.149. The van der Waals surface area contributed by atoms with Crippen molar-refractivity contribution in [3.63, 3.8) is 0 Å². The van der Waals surface area contributed by atoms with Crippen LogP contribution in [0.2, 0.25) is 0 Å². The third-order valence-corrected chi connectivity index (χ3v) is 9.13. The van der Waals surface area contributed by atoms with Crippen LogP contribution in [0.15, 0.2) is 52.3 Å². The SMILES string of the molecule is CCOC(=O)C1CCN(S(=O)(=O)C(C)c2ccc3c(c2)Nc2ccccc2S3)CC1. The second-order valence-electron chi connectivity index (χ2n) is 7.59. The first-order valence-electron chi connectivity index (χ1n) is 10.2. The molecular formula is C22H26N2O4S2. The third kappa shape index (κ3) is 4.08. The first kappa shape index (κ1) is 21.2.